The SMILES string of the molecule is CC(C)NC(=O)NC(=O)Cn1cnc2sc3c(c2c1=O)CCCC3. The molecule has 2 aromatic heterocycles. The van der Waals surface area contributed by atoms with Gasteiger partial charge in [-0.1, -0.05) is 0 Å². The zero-order valence-corrected chi connectivity index (χ0v) is 14.5. The van der Waals surface area contributed by atoms with Crippen molar-refractivity contribution < 1.29 is 9.59 Å². The topological polar surface area (TPSA) is 93.1 Å². The molecule has 8 heteroatoms. The maximum atomic E-state index is 12.7. The molecule has 2 N–H and O–H groups in total. The molecule has 0 saturated heterocycles. The van der Waals surface area contributed by atoms with E-state index in [0.29, 0.717) is 5.39 Å². The first-order chi connectivity index (χ1) is 11.5. The lowest BCUT2D eigenvalue weighted by Gasteiger charge is -2.11. The summed E-state index contributed by atoms with van der Waals surface area (Å²) >= 11 is 1.57. The third kappa shape index (κ3) is 3.33. The lowest BCUT2D eigenvalue weighted by molar-refractivity contribution is -0.120. The van der Waals surface area contributed by atoms with Crippen LogP contribution in [0.2, 0.25) is 0 Å². The van der Waals surface area contributed by atoms with E-state index in [1.807, 2.05) is 0 Å². The van der Waals surface area contributed by atoms with E-state index in [1.165, 1.54) is 15.8 Å². The summed E-state index contributed by atoms with van der Waals surface area (Å²) < 4.78 is 1.27. The summed E-state index contributed by atoms with van der Waals surface area (Å²) in [5.41, 5.74) is 0.880. The number of hydrogen-bond donors (Lipinski definition) is 2. The van der Waals surface area contributed by atoms with Crippen LogP contribution < -0.4 is 16.2 Å². The molecule has 1 aliphatic rings. The van der Waals surface area contributed by atoms with Crippen LogP contribution in [0, 0.1) is 0 Å². The van der Waals surface area contributed by atoms with Crippen molar-refractivity contribution in [1.29, 1.82) is 0 Å². The molecule has 0 spiro atoms. The highest BCUT2D eigenvalue weighted by molar-refractivity contribution is 7.18. The van der Waals surface area contributed by atoms with E-state index < -0.39 is 11.9 Å². The second kappa shape index (κ2) is 6.72. The first-order valence-electron chi connectivity index (χ1n) is 8.05. The number of nitrogens with one attached hydrogen (secondary N) is 2. The zero-order chi connectivity index (χ0) is 17.3. The molecule has 2 aromatic rings. The highest BCUT2D eigenvalue weighted by atomic mass is 32.1. The fourth-order valence-electron chi connectivity index (χ4n) is 2.91. The number of amides is 3. The third-order valence-electron chi connectivity index (χ3n) is 3.93. The summed E-state index contributed by atoms with van der Waals surface area (Å²) in [6.07, 6.45) is 5.47. The molecule has 24 heavy (non-hydrogen) atoms. The minimum atomic E-state index is -0.565. The molecule has 0 radical (unpaired) electrons. The first-order valence-corrected chi connectivity index (χ1v) is 8.87. The van der Waals surface area contributed by atoms with E-state index in [0.717, 1.165) is 36.1 Å². The predicted molar refractivity (Wildman–Crippen MR) is 92.3 cm³/mol. The van der Waals surface area contributed by atoms with Crippen LogP contribution in [0.15, 0.2) is 11.1 Å². The summed E-state index contributed by atoms with van der Waals surface area (Å²) in [6.45, 7) is 3.37. The minimum absolute atomic E-state index is 0.0733. The molecular formula is C16H20N4O3S. The Balaban J connectivity index is 1.83. The second-order valence-electron chi connectivity index (χ2n) is 6.25. The fourth-order valence-corrected chi connectivity index (χ4v) is 4.13. The molecule has 2 heterocycles. The number of urea groups is 1. The third-order valence-corrected chi connectivity index (χ3v) is 5.13. The summed E-state index contributed by atoms with van der Waals surface area (Å²) in [4.78, 5) is 42.5. The summed E-state index contributed by atoms with van der Waals surface area (Å²) in [5.74, 6) is -0.541. The number of imide groups is 1. The van der Waals surface area contributed by atoms with Gasteiger partial charge in [0.2, 0.25) is 5.91 Å². The molecule has 0 aliphatic heterocycles. The molecule has 3 rings (SSSR count). The van der Waals surface area contributed by atoms with Crippen LogP contribution in [0.4, 0.5) is 4.79 Å². The predicted octanol–water partition coefficient (Wildman–Crippen LogP) is 1.57. The standard InChI is InChI=1S/C16H20N4O3S/c1-9(2)18-16(23)19-12(21)7-20-8-17-14-13(15(20)22)10-5-3-4-6-11(10)24-14/h8-9H,3-7H2,1-2H3,(H2,18,19,21,23). The molecule has 0 atom stereocenters. The average Bonchev–Trinajstić information content (AvgIpc) is 2.88. The Morgan fingerprint density at radius 2 is 2.08 bits per heavy atom. The number of nitrogens with zero attached hydrogens (tertiary/aromatic N) is 2. The number of carbonyl (C=O) groups excluding carboxylic acids is 2. The number of hydrogen-bond acceptors (Lipinski definition) is 5. The van der Waals surface area contributed by atoms with Gasteiger partial charge in [0.25, 0.3) is 5.56 Å². The van der Waals surface area contributed by atoms with Crippen molar-refractivity contribution in [2.24, 2.45) is 0 Å². The quantitative estimate of drug-likeness (QED) is 0.880. The van der Waals surface area contributed by atoms with Crippen LogP contribution in [0.25, 0.3) is 10.2 Å². The number of fused-ring (bicyclic) bond motifs is 3. The Morgan fingerprint density at radius 1 is 1.33 bits per heavy atom. The number of thiophene rings is 1. The monoisotopic (exact) mass is 348 g/mol. The molecule has 0 unspecified atom stereocenters. The summed E-state index contributed by atoms with van der Waals surface area (Å²) in [5, 5.41) is 5.42. The lowest BCUT2D eigenvalue weighted by atomic mass is 9.97. The Morgan fingerprint density at radius 3 is 2.83 bits per heavy atom. The highest BCUT2D eigenvalue weighted by Crippen LogP contribution is 2.33. The first kappa shape index (κ1) is 16.6. The van der Waals surface area contributed by atoms with Gasteiger partial charge in [0.05, 0.1) is 11.7 Å². The van der Waals surface area contributed by atoms with Crippen molar-refractivity contribution in [3.63, 3.8) is 0 Å². The fraction of sp³-hybridized carbons (Fsp3) is 0.500. The van der Waals surface area contributed by atoms with Gasteiger partial charge in [-0.15, -0.1) is 11.3 Å². The highest BCUT2D eigenvalue weighted by Gasteiger charge is 2.20. The van der Waals surface area contributed by atoms with Crippen LogP contribution in [0.1, 0.15) is 37.1 Å². The molecule has 0 aromatic carbocycles. The van der Waals surface area contributed by atoms with Crippen molar-refractivity contribution in [3.05, 3.63) is 27.1 Å². The number of aryl methyl sites for hydroxylation is 2. The molecule has 0 saturated carbocycles. The summed E-state index contributed by atoms with van der Waals surface area (Å²) in [7, 11) is 0. The lowest BCUT2D eigenvalue weighted by Crippen LogP contribution is -2.44. The average molecular weight is 348 g/mol. The Labute approximate surface area is 143 Å². The van der Waals surface area contributed by atoms with Crippen LogP contribution >= 0.6 is 11.3 Å². The number of carbonyl (C=O) groups is 2. The van der Waals surface area contributed by atoms with Gasteiger partial charge in [0, 0.05) is 10.9 Å². The van der Waals surface area contributed by atoms with Gasteiger partial charge < -0.3 is 5.32 Å². The maximum absolute atomic E-state index is 12.7. The molecule has 3 amide bonds. The van der Waals surface area contributed by atoms with E-state index in [9.17, 15) is 14.4 Å². The molecule has 128 valence electrons. The van der Waals surface area contributed by atoms with Gasteiger partial charge in [-0.05, 0) is 45.1 Å². The number of aromatic nitrogens is 2. The molecule has 7 nitrogen and oxygen atoms in total. The van der Waals surface area contributed by atoms with Crippen molar-refractivity contribution in [1.82, 2.24) is 20.2 Å². The zero-order valence-electron chi connectivity index (χ0n) is 13.7. The van der Waals surface area contributed by atoms with E-state index >= 15 is 0 Å². The molecular weight excluding hydrogens is 328 g/mol. The largest absolute Gasteiger partial charge is 0.336 e. The normalized spacial score (nSPS) is 13.8. The molecule has 0 fully saturated rings. The Hall–Kier alpha value is -2.22. The van der Waals surface area contributed by atoms with E-state index in [2.05, 4.69) is 15.6 Å². The van der Waals surface area contributed by atoms with E-state index in [-0.39, 0.29) is 18.1 Å². The van der Waals surface area contributed by atoms with Crippen molar-refractivity contribution in [3.8, 4) is 0 Å². The Kier molecular flexibility index (Phi) is 4.66. The van der Waals surface area contributed by atoms with Gasteiger partial charge in [-0.3, -0.25) is 19.5 Å². The van der Waals surface area contributed by atoms with Gasteiger partial charge in [-0.2, -0.15) is 0 Å². The van der Waals surface area contributed by atoms with Crippen LogP contribution in [-0.2, 0) is 24.2 Å². The minimum Gasteiger partial charge on any atom is -0.336 e. The smallest absolute Gasteiger partial charge is 0.321 e. The van der Waals surface area contributed by atoms with Gasteiger partial charge in [-0.25, -0.2) is 9.78 Å². The van der Waals surface area contributed by atoms with Gasteiger partial charge >= 0.3 is 6.03 Å². The van der Waals surface area contributed by atoms with Crippen molar-refractivity contribution >= 4 is 33.5 Å². The van der Waals surface area contributed by atoms with Crippen LogP contribution in [-0.4, -0.2) is 27.5 Å². The van der Waals surface area contributed by atoms with Crippen molar-refractivity contribution in [2.45, 2.75) is 52.1 Å². The summed E-state index contributed by atoms with van der Waals surface area (Å²) in [6, 6.07) is -0.638. The van der Waals surface area contributed by atoms with Crippen LogP contribution in [0.3, 0.4) is 0 Å². The maximum Gasteiger partial charge on any atom is 0.321 e. The Bertz CT molecular complexity index is 853. The molecule has 0 bridgehead atoms. The van der Waals surface area contributed by atoms with Crippen molar-refractivity contribution in [2.75, 3.05) is 0 Å². The van der Waals surface area contributed by atoms with Crippen LogP contribution in [0.5, 0.6) is 0 Å². The van der Waals surface area contributed by atoms with Gasteiger partial charge in [0.1, 0.15) is 11.4 Å². The van der Waals surface area contributed by atoms with Gasteiger partial charge in [0.15, 0.2) is 0 Å². The molecule has 1 aliphatic carbocycles. The second-order valence-corrected chi connectivity index (χ2v) is 7.33. The van der Waals surface area contributed by atoms with E-state index in [4.69, 9.17) is 0 Å². The number of rotatable bonds is 3. The van der Waals surface area contributed by atoms with E-state index in [1.54, 1.807) is 25.2 Å².